The standard InChI is InChI=1S/C18H16F2N4O2/c1-24(2)9-10-3-4-16(22-7-10)23-18(26)12-8-21-15-6-14(20)13(19)5-11(15)17(12)25/h3-8H,9H2,1-2H3,(H,21,25)(H,22,23,26). The summed E-state index contributed by atoms with van der Waals surface area (Å²) in [5.74, 6) is -2.64. The van der Waals surface area contributed by atoms with Gasteiger partial charge in [0.1, 0.15) is 11.4 Å². The van der Waals surface area contributed by atoms with Gasteiger partial charge in [-0.1, -0.05) is 6.07 Å². The van der Waals surface area contributed by atoms with Crippen molar-refractivity contribution in [1.82, 2.24) is 14.9 Å². The van der Waals surface area contributed by atoms with Crippen molar-refractivity contribution in [2.24, 2.45) is 0 Å². The molecule has 1 aromatic carbocycles. The van der Waals surface area contributed by atoms with Gasteiger partial charge in [0.15, 0.2) is 11.6 Å². The Hall–Kier alpha value is -3.13. The van der Waals surface area contributed by atoms with E-state index in [0.717, 1.165) is 23.9 Å². The first kappa shape index (κ1) is 17.7. The zero-order valence-electron chi connectivity index (χ0n) is 14.1. The highest BCUT2D eigenvalue weighted by Crippen LogP contribution is 2.15. The van der Waals surface area contributed by atoms with Crippen molar-refractivity contribution >= 4 is 22.6 Å². The quantitative estimate of drug-likeness (QED) is 0.751. The number of nitrogens with one attached hydrogen (secondary N) is 2. The number of rotatable bonds is 4. The Labute approximate surface area is 147 Å². The van der Waals surface area contributed by atoms with Gasteiger partial charge in [-0.3, -0.25) is 9.59 Å². The first-order valence-corrected chi connectivity index (χ1v) is 7.76. The molecular formula is C18H16F2N4O2. The number of amides is 1. The summed E-state index contributed by atoms with van der Waals surface area (Å²) in [5.41, 5.74) is 0.160. The number of fused-ring (bicyclic) bond motifs is 1. The number of carbonyl (C=O) groups is 1. The summed E-state index contributed by atoms with van der Waals surface area (Å²) in [6, 6.07) is 5.08. The van der Waals surface area contributed by atoms with Crippen LogP contribution in [0.2, 0.25) is 0 Å². The lowest BCUT2D eigenvalue weighted by atomic mass is 10.1. The fraction of sp³-hybridized carbons (Fsp3) is 0.167. The summed E-state index contributed by atoms with van der Waals surface area (Å²) in [5, 5.41) is 2.41. The van der Waals surface area contributed by atoms with Gasteiger partial charge in [-0.25, -0.2) is 13.8 Å². The van der Waals surface area contributed by atoms with E-state index in [1.54, 1.807) is 12.3 Å². The number of benzene rings is 1. The van der Waals surface area contributed by atoms with E-state index in [-0.39, 0.29) is 22.3 Å². The van der Waals surface area contributed by atoms with Crippen LogP contribution >= 0.6 is 0 Å². The lowest BCUT2D eigenvalue weighted by molar-refractivity contribution is 0.102. The van der Waals surface area contributed by atoms with Gasteiger partial charge in [0.2, 0.25) is 5.43 Å². The van der Waals surface area contributed by atoms with Crippen LogP contribution in [0, 0.1) is 11.6 Å². The van der Waals surface area contributed by atoms with E-state index in [1.165, 1.54) is 0 Å². The molecule has 0 bridgehead atoms. The molecule has 2 heterocycles. The van der Waals surface area contributed by atoms with Crippen LogP contribution in [0.25, 0.3) is 10.9 Å². The Balaban J connectivity index is 1.87. The second-order valence-electron chi connectivity index (χ2n) is 6.09. The maximum absolute atomic E-state index is 13.4. The van der Waals surface area contributed by atoms with Gasteiger partial charge in [-0.2, -0.15) is 0 Å². The molecule has 0 saturated heterocycles. The molecular weight excluding hydrogens is 342 g/mol. The number of carbonyl (C=O) groups excluding carboxylic acids is 1. The molecule has 0 fully saturated rings. The number of hydrogen-bond donors (Lipinski definition) is 2. The fourth-order valence-corrected chi connectivity index (χ4v) is 2.52. The van der Waals surface area contributed by atoms with E-state index in [4.69, 9.17) is 0 Å². The molecule has 26 heavy (non-hydrogen) atoms. The van der Waals surface area contributed by atoms with Crippen LogP contribution in [0.5, 0.6) is 0 Å². The van der Waals surface area contributed by atoms with Crippen molar-refractivity contribution < 1.29 is 13.6 Å². The third-order valence-corrected chi connectivity index (χ3v) is 3.73. The van der Waals surface area contributed by atoms with Crippen LogP contribution in [0.3, 0.4) is 0 Å². The number of hydrogen-bond acceptors (Lipinski definition) is 4. The number of H-pyrrole nitrogens is 1. The van der Waals surface area contributed by atoms with Gasteiger partial charge in [0, 0.05) is 30.4 Å². The number of aromatic amines is 1. The molecule has 8 heteroatoms. The zero-order chi connectivity index (χ0) is 18.8. The molecule has 0 aliphatic heterocycles. The molecule has 0 atom stereocenters. The van der Waals surface area contributed by atoms with Crippen molar-refractivity contribution in [2.45, 2.75) is 6.54 Å². The number of aromatic nitrogens is 2. The van der Waals surface area contributed by atoms with Crippen molar-refractivity contribution in [2.75, 3.05) is 19.4 Å². The summed E-state index contributed by atoms with van der Waals surface area (Å²) in [6.07, 6.45) is 2.79. The number of anilines is 1. The molecule has 0 spiro atoms. The van der Waals surface area contributed by atoms with Gasteiger partial charge in [-0.05, 0) is 31.8 Å². The Bertz CT molecular complexity index is 1030. The topological polar surface area (TPSA) is 78.1 Å². The minimum atomic E-state index is -1.15. The smallest absolute Gasteiger partial charge is 0.262 e. The van der Waals surface area contributed by atoms with E-state index >= 15 is 0 Å². The Morgan fingerprint density at radius 2 is 1.96 bits per heavy atom. The predicted molar refractivity (Wildman–Crippen MR) is 94.1 cm³/mol. The molecule has 3 aromatic rings. The van der Waals surface area contributed by atoms with E-state index in [9.17, 15) is 18.4 Å². The molecule has 0 saturated carbocycles. The maximum atomic E-state index is 13.4. The van der Waals surface area contributed by atoms with Crippen LogP contribution in [0.1, 0.15) is 15.9 Å². The lowest BCUT2D eigenvalue weighted by Crippen LogP contribution is -2.22. The Kier molecular flexibility index (Phi) is 4.77. The number of nitrogens with zero attached hydrogens (tertiary/aromatic N) is 2. The third kappa shape index (κ3) is 3.60. The molecule has 134 valence electrons. The lowest BCUT2D eigenvalue weighted by Gasteiger charge is -2.10. The van der Waals surface area contributed by atoms with Gasteiger partial charge in [-0.15, -0.1) is 0 Å². The molecule has 3 rings (SSSR count). The third-order valence-electron chi connectivity index (χ3n) is 3.73. The second kappa shape index (κ2) is 7.01. The monoisotopic (exact) mass is 358 g/mol. The molecule has 1 amide bonds. The SMILES string of the molecule is CN(C)Cc1ccc(NC(=O)c2c[nH]c3cc(F)c(F)cc3c2=O)nc1. The van der Waals surface area contributed by atoms with Gasteiger partial charge in [0.05, 0.1) is 5.52 Å². The highest BCUT2D eigenvalue weighted by molar-refractivity contribution is 6.05. The Morgan fingerprint density at radius 3 is 2.62 bits per heavy atom. The highest BCUT2D eigenvalue weighted by Gasteiger charge is 2.15. The van der Waals surface area contributed by atoms with Crippen molar-refractivity contribution in [3.05, 3.63) is 69.6 Å². The largest absolute Gasteiger partial charge is 0.360 e. The molecule has 0 radical (unpaired) electrons. The first-order valence-electron chi connectivity index (χ1n) is 7.76. The van der Waals surface area contributed by atoms with Crippen LogP contribution in [0.15, 0.2) is 41.5 Å². The van der Waals surface area contributed by atoms with E-state index in [2.05, 4.69) is 15.3 Å². The number of halogens is 2. The minimum Gasteiger partial charge on any atom is -0.360 e. The van der Waals surface area contributed by atoms with E-state index in [1.807, 2.05) is 25.1 Å². The van der Waals surface area contributed by atoms with Crippen LogP contribution < -0.4 is 10.7 Å². The summed E-state index contributed by atoms with van der Waals surface area (Å²) < 4.78 is 26.6. The highest BCUT2D eigenvalue weighted by atomic mass is 19.2. The second-order valence-corrected chi connectivity index (χ2v) is 6.09. The molecule has 0 aliphatic rings. The summed E-state index contributed by atoms with van der Waals surface area (Å²) >= 11 is 0. The van der Waals surface area contributed by atoms with Gasteiger partial charge >= 0.3 is 0 Å². The van der Waals surface area contributed by atoms with E-state index in [0.29, 0.717) is 6.54 Å². The van der Waals surface area contributed by atoms with Crippen LogP contribution in [-0.4, -0.2) is 34.9 Å². The van der Waals surface area contributed by atoms with Gasteiger partial charge in [0.25, 0.3) is 5.91 Å². The van der Waals surface area contributed by atoms with Crippen molar-refractivity contribution in [3.8, 4) is 0 Å². The fourth-order valence-electron chi connectivity index (χ4n) is 2.52. The molecule has 2 N–H and O–H groups in total. The zero-order valence-corrected chi connectivity index (χ0v) is 14.1. The minimum absolute atomic E-state index is 0.106. The van der Waals surface area contributed by atoms with Gasteiger partial charge < -0.3 is 15.2 Å². The van der Waals surface area contributed by atoms with Crippen LogP contribution in [0.4, 0.5) is 14.6 Å². The summed E-state index contributed by atoms with van der Waals surface area (Å²) in [4.78, 5) is 33.5. The number of pyridine rings is 2. The van der Waals surface area contributed by atoms with Crippen molar-refractivity contribution in [1.29, 1.82) is 0 Å². The molecule has 6 nitrogen and oxygen atoms in total. The predicted octanol–water partition coefficient (Wildman–Crippen LogP) is 2.52. The summed E-state index contributed by atoms with van der Waals surface area (Å²) in [7, 11) is 3.85. The normalized spacial score (nSPS) is 11.1. The average Bonchev–Trinajstić information content (AvgIpc) is 2.58. The summed E-state index contributed by atoms with van der Waals surface area (Å²) in [6.45, 7) is 0.702. The first-order chi connectivity index (χ1) is 12.3. The van der Waals surface area contributed by atoms with E-state index < -0.39 is 23.0 Å². The Morgan fingerprint density at radius 1 is 1.23 bits per heavy atom. The average molecular weight is 358 g/mol. The molecule has 2 aromatic heterocycles. The molecule has 0 aliphatic carbocycles. The van der Waals surface area contributed by atoms with Crippen LogP contribution in [-0.2, 0) is 6.54 Å². The maximum Gasteiger partial charge on any atom is 0.262 e. The molecule has 0 unspecified atom stereocenters. The van der Waals surface area contributed by atoms with Crippen molar-refractivity contribution in [3.63, 3.8) is 0 Å².